The van der Waals surface area contributed by atoms with Crippen molar-refractivity contribution >= 4 is 0 Å². The van der Waals surface area contributed by atoms with Crippen molar-refractivity contribution in [2.45, 2.75) is 32.9 Å². The molecule has 0 aliphatic rings. The highest BCUT2D eigenvalue weighted by Gasteiger charge is 2.11. The summed E-state index contributed by atoms with van der Waals surface area (Å²) in [7, 11) is 1.88. The third kappa shape index (κ3) is 3.79. The Balaban J connectivity index is 2.41. The van der Waals surface area contributed by atoms with E-state index in [1.807, 2.05) is 40.0 Å². The molecule has 2 rings (SSSR count). The van der Waals surface area contributed by atoms with Crippen molar-refractivity contribution in [1.29, 1.82) is 0 Å². The van der Waals surface area contributed by atoms with Gasteiger partial charge in [-0.1, -0.05) is 6.07 Å². The van der Waals surface area contributed by atoms with Crippen molar-refractivity contribution in [2.24, 2.45) is 0 Å². The zero-order valence-corrected chi connectivity index (χ0v) is 12.9. The normalized spacial score (nSPS) is 12.5. The quantitative estimate of drug-likeness (QED) is 0.904. The lowest BCUT2D eigenvalue weighted by atomic mass is 10.0. The molecule has 0 amide bonds. The van der Waals surface area contributed by atoms with Gasteiger partial charge in [0.1, 0.15) is 11.6 Å². The molecule has 2 aromatic rings. The number of rotatable bonds is 5. The van der Waals surface area contributed by atoms with Crippen molar-refractivity contribution in [2.75, 3.05) is 7.05 Å². The second-order valence-electron chi connectivity index (χ2n) is 5.33. The van der Waals surface area contributed by atoms with Crippen LogP contribution in [-0.4, -0.2) is 18.1 Å². The predicted octanol–water partition coefficient (Wildman–Crippen LogP) is 3.96. The van der Waals surface area contributed by atoms with Crippen LogP contribution in [0.2, 0.25) is 0 Å². The summed E-state index contributed by atoms with van der Waals surface area (Å²) in [6, 6.07) is 7.12. The molecule has 0 aliphatic heterocycles. The highest BCUT2D eigenvalue weighted by atomic mass is 19.1. The first-order chi connectivity index (χ1) is 10.0. The van der Waals surface area contributed by atoms with Crippen LogP contribution in [0.25, 0.3) is 11.1 Å². The van der Waals surface area contributed by atoms with Crippen LogP contribution in [0, 0.1) is 5.82 Å². The number of halogens is 1. The summed E-state index contributed by atoms with van der Waals surface area (Å²) in [5, 5.41) is 3.15. The van der Waals surface area contributed by atoms with E-state index >= 15 is 0 Å². The van der Waals surface area contributed by atoms with E-state index in [0.717, 1.165) is 11.1 Å². The van der Waals surface area contributed by atoms with Gasteiger partial charge < -0.3 is 10.1 Å². The first-order valence-corrected chi connectivity index (χ1v) is 7.10. The Morgan fingerprint density at radius 2 is 1.90 bits per heavy atom. The standard InChI is InChI=1S/C17H21FN2O/c1-11(2)21-15-7-14(9-20-10-15)16-8-13(12(3)19-4)5-6-17(16)18/h5-12,19H,1-4H3. The summed E-state index contributed by atoms with van der Waals surface area (Å²) < 4.78 is 19.7. The van der Waals surface area contributed by atoms with Gasteiger partial charge >= 0.3 is 0 Å². The van der Waals surface area contributed by atoms with E-state index in [-0.39, 0.29) is 18.0 Å². The fraction of sp³-hybridized carbons (Fsp3) is 0.353. The van der Waals surface area contributed by atoms with Gasteiger partial charge in [0.2, 0.25) is 0 Å². The van der Waals surface area contributed by atoms with Crippen LogP contribution in [0.4, 0.5) is 4.39 Å². The topological polar surface area (TPSA) is 34.2 Å². The Bertz CT molecular complexity index is 613. The van der Waals surface area contributed by atoms with Gasteiger partial charge in [-0.2, -0.15) is 0 Å². The minimum Gasteiger partial charge on any atom is -0.489 e. The zero-order valence-electron chi connectivity index (χ0n) is 12.9. The largest absolute Gasteiger partial charge is 0.489 e. The zero-order chi connectivity index (χ0) is 15.4. The minimum atomic E-state index is -0.259. The average molecular weight is 288 g/mol. The van der Waals surface area contributed by atoms with Gasteiger partial charge in [-0.3, -0.25) is 4.98 Å². The lowest BCUT2D eigenvalue weighted by Crippen LogP contribution is -2.12. The highest BCUT2D eigenvalue weighted by Crippen LogP contribution is 2.28. The molecule has 0 saturated carbocycles. The van der Waals surface area contributed by atoms with Crippen LogP contribution < -0.4 is 10.1 Å². The maximum Gasteiger partial charge on any atom is 0.138 e. The number of aromatic nitrogens is 1. The number of ether oxygens (including phenoxy) is 1. The first-order valence-electron chi connectivity index (χ1n) is 7.10. The third-order valence-electron chi connectivity index (χ3n) is 3.32. The summed E-state index contributed by atoms with van der Waals surface area (Å²) in [6.45, 7) is 5.93. The summed E-state index contributed by atoms with van der Waals surface area (Å²) >= 11 is 0. The maximum atomic E-state index is 14.1. The molecule has 3 nitrogen and oxygen atoms in total. The maximum absolute atomic E-state index is 14.1. The van der Waals surface area contributed by atoms with E-state index in [4.69, 9.17) is 4.74 Å². The molecule has 1 heterocycles. The number of benzene rings is 1. The molecule has 112 valence electrons. The molecule has 0 saturated heterocycles. The number of nitrogens with one attached hydrogen (secondary N) is 1. The summed E-state index contributed by atoms with van der Waals surface area (Å²) in [4.78, 5) is 4.14. The lowest BCUT2D eigenvalue weighted by molar-refractivity contribution is 0.241. The second kappa shape index (κ2) is 6.68. The molecular formula is C17H21FN2O. The number of hydrogen-bond acceptors (Lipinski definition) is 3. The monoisotopic (exact) mass is 288 g/mol. The Morgan fingerprint density at radius 3 is 2.57 bits per heavy atom. The molecule has 4 heteroatoms. The smallest absolute Gasteiger partial charge is 0.138 e. The molecular weight excluding hydrogens is 267 g/mol. The van der Waals surface area contributed by atoms with Crippen molar-refractivity contribution in [1.82, 2.24) is 10.3 Å². The molecule has 1 aromatic carbocycles. The predicted molar refractivity (Wildman–Crippen MR) is 82.9 cm³/mol. The summed E-state index contributed by atoms with van der Waals surface area (Å²) in [5.74, 6) is 0.388. The van der Waals surface area contributed by atoms with Gasteiger partial charge in [-0.25, -0.2) is 4.39 Å². The molecule has 1 N–H and O–H groups in total. The van der Waals surface area contributed by atoms with E-state index in [9.17, 15) is 4.39 Å². The second-order valence-corrected chi connectivity index (χ2v) is 5.33. The van der Waals surface area contributed by atoms with Crippen molar-refractivity contribution < 1.29 is 9.13 Å². The van der Waals surface area contributed by atoms with Gasteiger partial charge in [0.25, 0.3) is 0 Å². The highest BCUT2D eigenvalue weighted by molar-refractivity contribution is 5.65. The molecule has 0 aliphatic carbocycles. The van der Waals surface area contributed by atoms with E-state index in [1.165, 1.54) is 6.07 Å². The SMILES string of the molecule is CNC(C)c1ccc(F)c(-c2cncc(OC(C)C)c2)c1. The number of pyridine rings is 1. The van der Waals surface area contributed by atoms with Gasteiger partial charge in [-0.05, 0) is 51.6 Å². The van der Waals surface area contributed by atoms with Crippen LogP contribution >= 0.6 is 0 Å². The van der Waals surface area contributed by atoms with Crippen LogP contribution in [-0.2, 0) is 0 Å². The lowest BCUT2D eigenvalue weighted by Gasteiger charge is -2.14. The number of hydrogen-bond donors (Lipinski definition) is 1. The Labute approximate surface area is 125 Å². The molecule has 1 unspecified atom stereocenters. The van der Waals surface area contributed by atoms with E-state index in [1.54, 1.807) is 18.5 Å². The minimum absolute atomic E-state index is 0.0579. The van der Waals surface area contributed by atoms with E-state index in [2.05, 4.69) is 10.3 Å². The van der Waals surface area contributed by atoms with Crippen LogP contribution in [0.5, 0.6) is 5.75 Å². The van der Waals surface area contributed by atoms with Gasteiger partial charge in [0.05, 0.1) is 12.3 Å². The number of nitrogens with zero attached hydrogens (tertiary/aromatic N) is 1. The molecule has 21 heavy (non-hydrogen) atoms. The van der Waals surface area contributed by atoms with Gasteiger partial charge in [-0.15, -0.1) is 0 Å². The fourth-order valence-corrected chi connectivity index (χ4v) is 2.10. The average Bonchev–Trinajstić information content (AvgIpc) is 2.46. The summed E-state index contributed by atoms with van der Waals surface area (Å²) in [6.07, 6.45) is 3.35. The summed E-state index contributed by atoms with van der Waals surface area (Å²) in [5.41, 5.74) is 2.29. The molecule has 0 bridgehead atoms. The molecule has 0 spiro atoms. The molecule has 1 atom stereocenters. The van der Waals surface area contributed by atoms with Crippen LogP contribution in [0.1, 0.15) is 32.4 Å². The fourth-order valence-electron chi connectivity index (χ4n) is 2.10. The van der Waals surface area contributed by atoms with E-state index in [0.29, 0.717) is 11.3 Å². The van der Waals surface area contributed by atoms with Crippen LogP contribution in [0.15, 0.2) is 36.7 Å². The molecule has 0 fully saturated rings. The first kappa shape index (κ1) is 15.4. The Morgan fingerprint density at radius 1 is 1.14 bits per heavy atom. The Hall–Kier alpha value is -1.94. The van der Waals surface area contributed by atoms with E-state index < -0.39 is 0 Å². The van der Waals surface area contributed by atoms with Crippen molar-refractivity contribution in [3.8, 4) is 16.9 Å². The van der Waals surface area contributed by atoms with Gasteiger partial charge in [0.15, 0.2) is 0 Å². The third-order valence-corrected chi connectivity index (χ3v) is 3.32. The van der Waals surface area contributed by atoms with Crippen molar-refractivity contribution in [3.05, 3.63) is 48.0 Å². The molecule has 1 aromatic heterocycles. The van der Waals surface area contributed by atoms with Crippen molar-refractivity contribution in [3.63, 3.8) is 0 Å². The van der Waals surface area contributed by atoms with Gasteiger partial charge in [0, 0.05) is 23.4 Å². The van der Waals surface area contributed by atoms with Crippen LogP contribution in [0.3, 0.4) is 0 Å². The molecule has 0 radical (unpaired) electrons. The Kier molecular flexibility index (Phi) is 4.91.